The highest BCUT2D eigenvalue weighted by Gasteiger charge is 2.27. The molecule has 2 aliphatic heterocycles. The summed E-state index contributed by atoms with van der Waals surface area (Å²) in [6.07, 6.45) is 3.05. The molecular formula is C22H22N6O6. The number of benzene rings is 2. The van der Waals surface area contributed by atoms with Crippen LogP contribution in [0.25, 0.3) is 12.2 Å². The Balaban J connectivity index is 0.000000191. The second-order valence-electron chi connectivity index (χ2n) is 7.28. The van der Waals surface area contributed by atoms with Crippen molar-refractivity contribution in [1.29, 1.82) is 10.8 Å². The number of nitrogens with zero attached hydrogens (tertiary/aromatic N) is 2. The molecule has 12 nitrogen and oxygen atoms in total. The van der Waals surface area contributed by atoms with Crippen LogP contribution in [0.2, 0.25) is 0 Å². The van der Waals surface area contributed by atoms with Crippen molar-refractivity contribution in [3.8, 4) is 23.0 Å². The van der Waals surface area contributed by atoms with Crippen molar-refractivity contribution in [2.45, 2.75) is 0 Å². The van der Waals surface area contributed by atoms with Gasteiger partial charge in [0.05, 0.1) is 0 Å². The van der Waals surface area contributed by atoms with Crippen LogP contribution >= 0.6 is 0 Å². The lowest BCUT2D eigenvalue weighted by Crippen LogP contribution is -2.25. The average molecular weight is 466 g/mol. The second-order valence-corrected chi connectivity index (χ2v) is 7.28. The zero-order valence-electron chi connectivity index (χ0n) is 18.1. The summed E-state index contributed by atoms with van der Waals surface area (Å²) in [7, 11) is 3.18. The van der Waals surface area contributed by atoms with E-state index in [-0.39, 0.29) is 46.7 Å². The number of rotatable bonds is 2. The highest BCUT2D eigenvalue weighted by Crippen LogP contribution is 2.27. The van der Waals surface area contributed by atoms with E-state index in [1.807, 2.05) is 0 Å². The van der Waals surface area contributed by atoms with Crippen LogP contribution in [0.1, 0.15) is 11.1 Å². The summed E-state index contributed by atoms with van der Waals surface area (Å²) >= 11 is 0. The summed E-state index contributed by atoms with van der Waals surface area (Å²) in [5.74, 6) is -1.68. The van der Waals surface area contributed by atoms with Crippen LogP contribution in [-0.4, -0.2) is 68.1 Å². The van der Waals surface area contributed by atoms with E-state index in [2.05, 4.69) is 10.6 Å². The van der Waals surface area contributed by atoms with Crippen LogP contribution < -0.4 is 10.6 Å². The molecule has 34 heavy (non-hydrogen) atoms. The van der Waals surface area contributed by atoms with Crippen LogP contribution in [0.4, 0.5) is 0 Å². The minimum atomic E-state index is -0.370. The van der Waals surface area contributed by atoms with Crippen molar-refractivity contribution in [1.82, 2.24) is 20.4 Å². The Morgan fingerprint density at radius 3 is 1.29 bits per heavy atom. The van der Waals surface area contributed by atoms with E-state index in [1.165, 1.54) is 46.2 Å². The third-order valence-corrected chi connectivity index (χ3v) is 4.93. The predicted molar refractivity (Wildman–Crippen MR) is 123 cm³/mol. The molecule has 0 aromatic heterocycles. The van der Waals surface area contributed by atoms with E-state index >= 15 is 0 Å². The van der Waals surface area contributed by atoms with Crippen molar-refractivity contribution in [3.05, 3.63) is 58.9 Å². The fourth-order valence-electron chi connectivity index (χ4n) is 2.96. The van der Waals surface area contributed by atoms with Gasteiger partial charge in [-0.05, 0) is 47.5 Å². The number of phenolic OH excluding ortho intramolecular Hbond substituents is 4. The van der Waals surface area contributed by atoms with E-state index in [9.17, 15) is 19.8 Å². The van der Waals surface area contributed by atoms with Crippen LogP contribution in [0, 0.1) is 10.8 Å². The zero-order chi connectivity index (χ0) is 25.2. The molecule has 0 atom stereocenters. The number of likely N-dealkylation sites (N-methyl/N-ethyl adjacent to an activating group) is 2. The molecular weight excluding hydrogens is 444 g/mol. The van der Waals surface area contributed by atoms with E-state index in [1.54, 1.807) is 26.2 Å². The lowest BCUT2D eigenvalue weighted by Gasteiger charge is -2.09. The molecule has 2 aliphatic rings. The molecule has 0 unspecified atom stereocenters. The van der Waals surface area contributed by atoms with Crippen LogP contribution in [0.15, 0.2) is 47.8 Å². The molecule has 4 rings (SSSR count). The largest absolute Gasteiger partial charge is 0.504 e. The molecule has 0 bridgehead atoms. The predicted octanol–water partition coefficient (Wildman–Crippen LogP) is 0.870. The monoisotopic (exact) mass is 466 g/mol. The molecule has 0 saturated carbocycles. The van der Waals surface area contributed by atoms with Gasteiger partial charge in [-0.25, -0.2) is 0 Å². The van der Waals surface area contributed by atoms with Gasteiger partial charge in [-0.2, -0.15) is 0 Å². The molecule has 2 aromatic carbocycles. The second kappa shape index (κ2) is 9.24. The summed E-state index contributed by atoms with van der Waals surface area (Å²) < 4.78 is 0. The minimum Gasteiger partial charge on any atom is -0.504 e. The summed E-state index contributed by atoms with van der Waals surface area (Å²) in [5.41, 5.74) is 1.74. The summed E-state index contributed by atoms with van der Waals surface area (Å²) in [6, 6.07) is 8.47. The fourth-order valence-corrected chi connectivity index (χ4v) is 2.96. The van der Waals surface area contributed by atoms with E-state index in [4.69, 9.17) is 21.0 Å². The first kappa shape index (κ1) is 23.7. The Labute approximate surface area is 193 Å². The Morgan fingerprint density at radius 1 is 0.676 bits per heavy atom. The molecule has 2 heterocycles. The van der Waals surface area contributed by atoms with Crippen molar-refractivity contribution >= 4 is 35.9 Å². The number of hydrogen-bond acceptors (Lipinski definition) is 8. The average Bonchev–Trinajstić information content (AvgIpc) is 3.16. The van der Waals surface area contributed by atoms with Gasteiger partial charge in [0.1, 0.15) is 11.4 Å². The van der Waals surface area contributed by atoms with E-state index < -0.39 is 0 Å². The van der Waals surface area contributed by atoms with Gasteiger partial charge in [-0.15, -0.1) is 0 Å². The first-order valence-electron chi connectivity index (χ1n) is 9.72. The van der Waals surface area contributed by atoms with Crippen molar-refractivity contribution in [3.63, 3.8) is 0 Å². The van der Waals surface area contributed by atoms with Crippen LogP contribution in [-0.2, 0) is 9.59 Å². The third-order valence-electron chi connectivity index (χ3n) is 4.93. The zero-order valence-corrected chi connectivity index (χ0v) is 18.1. The molecule has 0 spiro atoms. The highest BCUT2D eigenvalue weighted by atomic mass is 16.3. The number of carbonyl (C=O) groups excluding carboxylic acids is 2. The maximum Gasteiger partial charge on any atom is 0.274 e. The van der Waals surface area contributed by atoms with E-state index in [0.29, 0.717) is 22.5 Å². The summed E-state index contributed by atoms with van der Waals surface area (Å²) in [6.45, 7) is 0. The van der Waals surface area contributed by atoms with Gasteiger partial charge >= 0.3 is 0 Å². The smallest absolute Gasteiger partial charge is 0.274 e. The van der Waals surface area contributed by atoms with Gasteiger partial charge < -0.3 is 30.2 Å². The Hall–Kier alpha value is -5.00. The Bertz CT molecular complexity index is 1170. The Morgan fingerprint density at radius 2 is 1.03 bits per heavy atom. The third kappa shape index (κ3) is 4.91. The standard InChI is InChI=1S/2C11H11N3O3/c2*1-14-7(10(17)13-11(14)12)4-6-2-3-8(15)9(16)5-6/h2*2-5,15-16H,1H3,(H2,12,13,17). The molecule has 2 amide bonds. The van der Waals surface area contributed by atoms with Crippen LogP contribution in [0.3, 0.4) is 0 Å². The molecule has 2 aromatic rings. The first-order chi connectivity index (χ1) is 16.0. The molecule has 8 N–H and O–H groups in total. The number of phenols is 4. The van der Waals surface area contributed by atoms with Gasteiger partial charge in [-0.3, -0.25) is 31.0 Å². The number of guanidine groups is 2. The van der Waals surface area contributed by atoms with Crippen LogP contribution in [0.5, 0.6) is 23.0 Å². The lowest BCUT2D eigenvalue weighted by molar-refractivity contribution is -0.116. The molecule has 176 valence electrons. The van der Waals surface area contributed by atoms with Crippen molar-refractivity contribution in [2.75, 3.05) is 14.1 Å². The van der Waals surface area contributed by atoms with Gasteiger partial charge in [0.15, 0.2) is 23.0 Å². The van der Waals surface area contributed by atoms with Gasteiger partial charge in [0.25, 0.3) is 11.8 Å². The number of hydrogen-bond donors (Lipinski definition) is 8. The first-order valence-corrected chi connectivity index (χ1v) is 9.72. The SMILES string of the molecule is CN1C(=N)NC(=O)C1=Cc1ccc(O)c(O)c1.CN1C(=N)NC(=O)C1=Cc1ccc(O)c(O)c1. The molecule has 2 saturated heterocycles. The van der Waals surface area contributed by atoms with Crippen molar-refractivity contribution in [2.24, 2.45) is 0 Å². The van der Waals surface area contributed by atoms with Gasteiger partial charge in [0.2, 0.25) is 11.9 Å². The van der Waals surface area contributed by atoms with E-state index in [0.717, 1.165) is 0 Å². The fraction of sp³-hybridized carbons (Fsp3) is 0.0909. The highest BCUT2D eigenvalue weighted by molar-refractivity contribution is 6.15. The quantitative estimate of drug-likeness (QED) is 0.236. The number of nitrogens with one attached hydrogen (secondary N) is 4. The number of carbonyl (C=O) groups is 2. The maximum absolute atomic E-state index is 11.5. The minimum absolute atomic E-state index is 0.00394. The number of amides is 2. The van der Waals surface area contributed by atoms with Crippen molar-refractivity contribution < 1.29 is 30.0 Å². The van der Waals surface area contributed by atoms with Gasteiger partial charge in [-0.1, -0.05) is 12.1 Å². The lowest BCUT2D eigenvalue weighted by atomic mass is 10.1. The molecule has 12 heteroatoms. The normalized spacial score (nSPS) is 17.7. The van der Waals surface area contributed by atoms with Gasteiger partial charge in [0, 0.05) is 14.1 Å². The summed E-state index contributed by atoms with van der Waals surface area (Å²) in [5, 5.41) is 56.5. The Kier molecular flexibility index (Phi) is 6.43. The molecule has 0 aliphatic carbocycles. The summed E-state index contributed by atoms with van der Waals surface area (Å²) in [4.78, 5) is 25.7. The molecule has 2 fully saturated rings. The topological polar surface area (TPSA) is 193 Å². The number of aromatic hydroxyl groups is 4. The maximum atomic E-state index is 11.5. The molecule has 0 radical (unpaired) electrons.